The van der Waals surface area contributed by atoms with Gasteiger partial charge in [-0.25, -0.2) is 4.98 Å². The molecule has 0 aliphatic rings. The molecule has 2 N–H and O–H groups in total. The van der Waals surface area contributed by atoms with E-state index < -0.39 is 0 Å². The Bertz CT molecular complexity index is 1140. The summed E-state index contributed by atoms with van der Waals surface area (Å²) in [6.45, 7) is 0.575. The van der Waals surface area contributed by atoms with Gasteiger partial charge in [-0.05, 0) is 48.7 Å². The highest BCUT2D eigenvalue weighted by molar-refractivity contribution is 7.18. The van der Waals surface area contributed by atoms with E-state index in [4.69, 9.17) is 0 Å². The lowest BCUT2D eigenvalue weighted by Gasteiger charge is -2.09. The fourth-order valence-electron chi connectivity index (χ4n) is 3.22. The summed E-state index contributed by atoms with van der Waals surface area (Å²) in [5, 5.41) is 10.9. The van der Waals surface area contributed by atoms with Crippen molar-refractivity contribution in [3.8, 4) is 0 Å². The second-order valence-corrected chi connectivity index (χ2v) is 8.27. The van der Waals surface area contributed by atoms with Crippen molar-refractivity contribution >= 4 is 39.1 Å². The molecule has 0 bridgehead atoms. The van der Waals surface area contributed by atoms with Gasteiger partial charge in [-0.1, -0.05) is 24.3 Å². The van der Waals surface area contributed by atoms with Gasteiger partial charge in [-0.3, -0.25) is 14.3 Å². The molecule has 2 heterocycles. The number of anilines is 1. The number of hydrogen-bond donors (Lipinski definition) is 2. The molecule has 0 atom stereocenters. The maximum absolute atomic E-state index is 12.2. The van der Waals surface area contributed by atoms with Crippen molar-refractivity contribution in [2.75, 3.05) is 5.32 Å². The summed E-state index contributed by atoms with van der Waals surface area (Å²) in [6, 6.07) is 17.3. The van der Waals surface area contributed by atoms with E-state index in [0.717, 1.165) is 28.9 Å². The lowest BCUT2D eigenvalue weighted by atomic mass is 10.2. The molecular formula is C23H23N5O2S. The van der Waals surface area contributed by atoms with Crippen molar-refractivity contribution in [3.05, 3.63) is 77.6 Å². The molecule has 0 saturated heterocycles. The fraction of sp³-hybridized carbons (Fsp3) is 0.217. The van der Waals surface area contributed by atoms with Crippen LogP contribution in [0.3, 0.4) is 0 Å². The summed E-state index contributed by atoms with van der Waals surface area (Å²) in [5.41, 5.74) is 2.64. The zero-order valence-corrected chi connectivity index (χ0v) is 17.8. The summed E-state index contributed by atoms with van der Waals surface area (Å²) in [6.07, 6.45) is 5.38. The lowest BCUT2D eigenvalue weighted by Crippen LogP contribution is -2.23. The Morgan fingerprint density at radius 1 is 1.03 bits per heavy atom. The monoisotopic (exact) mass is 433 g/mol. The van der Waals surface area contributed by atoms with Crippen LogP contribution in [0.5, 0.6) is 0 Å². The Kier molecular flexibility index (Phi) is 6.68. The predicted octanol–water partition coefficient (Wildman–Crippen LogP) is 3.77. The smallest absolute Gasteiger partial charge is 0.246 e. The number of nitrogens with zero attached hydrogens (tertiary/aromatic N) is 3. The number of benzene rings is 2. The largest absolute Gasteiger partial charge is 0.352 e. The first-order chi connectivity index (χ1) is 15.2. The molecule has 0 spiro atoms. The van der Waals surface area contributed by atoms with Crippen LogP contribution < -0.4 is 10.6 Å². The number of hydrogen-bond acceptors (Lipinski definition) is 5. The standard InChI is InChI=1S/C23H23N5O2S/c29-21(10-4-11-23-27-19-8-1-2-9-20(19)31-23)24-15-17-6-3-7-18(14-17)26-22(30)16-28-13-5-12-25-28/h1-3,5-9,12-14H,4,10-11,15-16H2,(H,24,29)(H,26,30). The van der Waals surface area contributed by atoms with Gasteiger partial charge < -0.3 is 10.6 Å². The number of carbonyl (C=O) groups excluding carboxylic acids is 2. The van der Waals surface area contributed by atoms with Gasteiger partial charge in [0.15, 0.2) is 0 Å². The van der Waals surface area contributed by atoms with Crippen LogP contribution in [0.2, 0.25) is 0 Å². The van der Waals surface area contributed by atoms with Crippen LogP contribution >= 0.6 is 11.3 Å². The SMILES string of the molecule is O=C(CCCc1nc2ccccc2s1)NCc1cccc(NC(=O)Cn2cccn2)c1. The van der Waals surface area contributed by atoms with E-state index in [1.165, 1.54) is 4.70 Å². The highest BCUT2D eigenvalue weighted by atomic mass is 32.1. The van der Waals surface area contributed by atoms with Crippen LogP contribution in [0.1, 0.15) is 23.4 Å². The Balaban J connectivity index is 1.20. The molecule has 7 nitrogen and oxygen atoms in total. The van der Waals surface area contributed by atoms with Gasteiger partial charge in [-0.15, -0.1) is 11.3 Å². The van der Waals surface area contributed by atoms with Crippen molar-refractivity contribution in [1.82, 2.24) is 20.1 Å². The Morgan fingerprint density at radius 3 is 2.77 bits per heavy atom. The molecule has 0 aliphatic heterocycles. The number of rotatable bonds is 9. The summed E-state index contributed by atoms with van der Waals surface area (Å²) in [5.74, 6) is -0.144. The molecule has 31 heavy (non-hydrogen) atoms. The average Bonchev–Trinajstić information content (AvgIpc) is 3.41. The van der Waals surface area contributed by atoms with Crippen molar-refractivity contribution < 1.29 is 9.59 Å². The Hall–Kier alpha value is -3.52. The molecule has 0 radical (unpaired) electrons. The maximum Gasteiger partial charge on any atom is 0.246 e. The molecule has 4 aromatic rings. The van der Waals surface area contributed by atoms with E-state index in [1.54, 1.807) is 34.5 Å². The maximum atomic E-state index is 12.2. The van der Waals surface area contributed by atoms with Gasteiger partial charge in [0.1, 0.15) is 6.54 Å². The van der Waals surface area contributed by atoms with Gasteiger partial charge >= 0.3 is 0 Å². The summed E-state index contributed by atoms with van der Waals surface area (Å²) in [7, 11) is 0. The Morgan fingerprint density at radius 2 is 1.94 bits per heavy atom. The van der Waals surface area contributed by atoms with Crippen LogP contribution in [-0.4, -0.2) is 26.6 Å². The molecular weight excluding hydrogens is 410 g/mol. The second-order valence-electron chi connectivity index (χ2n) is 7.16. The first-order valence-electron chi connectivity index (χ1n) is 10.1. The van der Waals surface area contributed by atoms with Crippen LogP contribution in [0, 0.1) is 0 Å². The number of thiazole rings is 1. The number of amides is 2. The van der Waals surface area contributed by atoms with Crippen LogP contribution in [0.15, 0.2) is 67.0 Å². The average molecular weight is 434 g/mol. The number of aromatic nitrogens is 3. The fourth-order valence-corrected chi connectivity index (χ4v) is 4.23. The van der Waals surface area contributed by atoms with E-state index in [-0.39, 0.29) is 18.4 Å². The normalized spacial score (nSPS) is 10.8. The van der Waals surface area contributed by atoms with Crippen LogP contribution in [0.4, 0.5) is 5.69 Å². The van der Waals surface area contributed by atoms with Crippen LogP contribution in [0.25, 0.3) is 10.2 Å². The van der Waals surface area contributed by atoms with Crippen molar-refractivity contribution in [1.29, 1.82) is 0 Å². The molecule has 4 rings (SSSR count). The topological polar surface area (TPSA) is 88.9 Å². The van der Waals surface area contributed by atoms with Gasteiger partial charge in [0.25, 0.3) is 0 Å². The Labute approximate surface area is 184 Å². The van der Waals surface area contributed by atoms with Gasteiger partial charge in [-0.2, -0.15) is 5.10 Å². The lowest BCUT2D eigenvalue weighted by molar-refractivity contribution is -0.121. The second kappa shape index (κ2) is 9.99. The highest BCUT2D eigenvalue weighted by Crippen LogP contribution is 2.22. The predicted molar refractivity (Wildman–Crippen MR) is 122 cm³/mol. The van der Waals surface area contributed by atoms with E-state index in [9.17, 15) is 9.59 Å². The third kappa shape index (κ3) is 5.99. The molecule has 0 aliphatic carbocycles. The number of fused-ring (bicyclic) bond motifs is 1. The molecule has 0 fully saturated rings. The zero-order valence-electron chi connectivity index (χ0n) is 17.0. The molecule has 158 valence electrons. The molecule has 8 heteroatoms. The molecule has 2 amide bonds. The summed E-state index contributed by atoms with van der Waals surface area (Å²) < 4.78 is 2.74. The minimum atomic E-state index is -0.153. The third-order valence-corrected chi connectivity index (χ3v) is 5.79. The van der Waals surface area contributed by atoms with E-state index >= 15 is 0 Å². The van der Waals surface area contributed by atoms with Crippen molar-refractivity contribution in [2.24, 2.45) is 0 Å². The minimum absolute atomic E-state index is 0.00855. The van der Waals surface area contributed by atoms with Crippen LogP contribution in [-0.2, 0) is 29.1 Å². The van der Waals surface area contributed by atoms with Crippen molar-refractivity contribution in [2.45, 2.75) is 32.4 Å². The molecule has 0 saturated carbocycles. The van der Waals surface area contributed by atoms with E-state index in [1.807, 2.05) is 42.5 Å². The molecule has 2 aromatic carbocycles. The molecule has 0 unspecified atom stereocenters. The zero-order chi connectivity index (χ0) is 21.5. The highest BCUT2D eigenvalue weighted by Gasteiger charge is 2.07. The molecule has 2 aromatic heterocycles. The first kappa shape index (κ1) is 20.7. The number of carbonyl (C=O) groups is 2. The summed E-state index contributed by atoms with van der Waals surface area (Å²) in [4.78, 5) is 28.9. The van der Waals surface area contributed by atoms with Gasteiger partial charge in [0.05, 0.1) is 15.2 Å². The third-order valence-electron chi connectivity index (χ3n) is 4.70. The minimum Gasteiger partial charge on any atom is -0.352 e. The number of nitrogens with one attached hydrogen (secondary N) is 2. The number of para-hydroxylation sites is 1. The first-order valence-corrected chi connectivity index (χ1v) is 10.9. The number of aryl methyl sites for hydroxylation is 1. The van der Waals surface area contributed by atoms with E-state index in [0.29, 0.717) is 18.7 Å². The van der Waals surface area contributed by atoms with Crippen molar-refractivity contribution in [3.63, 3.8) is 0 Å². The van der Waals surface area contributed by atoms with Gasteiger partial charge in [0, 0.05) is 31.0 Å². The van der Waals surface area contributed by atoms with Gasteiger partial charge in [0.2, 0.25) is 11.8 Å². The quantitative estimate of drug-likeness (QED) is 0.421. The summed E-state index contributed by atoms with van der Waals surface area (Å²) >= 11 is 1.68. The van der Waals surface area contributed by atoms with E-state index in [2.05, 4.69) is 26.8 Å².